The Labute approximate surface area is 154 Å². The number of aryl methyl sites for hydroxylation is 2. The van der Waals surface area contributed by atoms with Gasteiger partial charge in [-0.15, -0.1) is 5.10 Å². The molecule has 2 heterocycles. The van der Waals surface area contributed by atoms with Crippen molar-refractivity contribution in [3.05, 3.63) is 57.9 Å². The molecule has 9 heteroatoms. The molecule has 4 rings (SSSR count). The Morgan fingerprint density at radius 3 is 2.59 bits per heavy atom. The summed E-state index contributed by atoms with van der Waals surface area (Å²) in [5, 5.41) is 7.89. The summed E-state index contributed by atoms with van der Waals surface area (Å²) in [4.78, 5) is 15.2. The van der Waals surface area contributed by atoms with Crippen LogP contribution in [0.3, 0.4) is 0 Å². The Bertz CT molecular complexity index is 1370. The highest BCUT2D eigenvalue weighted by molar-refractivity contribution is 7.91. The van der Waals surface area contributed by atoms with E-state index in [1.165, 1.54) is 17.7 Å². The Balaban J connectivity index is 2.05. The lowest BCUT2D eigenvalue weighted by Crippen LogP contribution is -2.12. The Kier molecular flexibility index (Phi) is 3.77. The van der Waals surface area contributed by atoms with E-state index in [2.05, 4.69) is 15.3 Å². The Morgan fingerprint density at radius 2 is 1.89 bits per heavy atom. The first-order chi connectivity index (χ1) is 12.8. The van der Waals surface area contributed by atoms with Crippen molar-refractivity contribution in [3.63, 3.8) is 0 Å². The number of nitrogens with one attached hydrogen (secondary N) is 1. The van der Waals surface area contributed by atoms with Gasteiger partial charge < -0.3 is 9.72 Å². The summed E-state index contributed by atoms with van der Waals surface area (Å²) in [7, 11) is -2.46. The van der Waals surface area contributed by atoms with Crippen molar-refractivity contribution in [1.29, 1.82) is 0 Å². The maximum Gasteiger partial charge on any atom is 0.259 e. The van der Waals surface area contributed by atoms with Crippen molar-refractivity contribution in [3.8, 4) is 5.75 Å². The van der Waals surface area contributed by atoms with Crippen molar-refractivity contribution in [2.45, 2.75) is 23.8 Å². The molecule has 2 aromatic heterocycles. The predicted molar refractivity (Wildman–Crippen MR) is 99.0 cm³/mol. The smallest absolute Gasteiger partial charge is 0.259 e. The summed E-state index contributed by atoms with van der Waals surface area (Å²) < 4.78 is 32.8. The average Bonchev–Trinajstić information content (AvgIpc) is 3.05. The fraction of sp³-hybridized carbons (Fsp3) is 0.167. The third-order valence-corrected chi connectivity index (χ3v) is 6.24. The van der Waals surface area contributed by atoms with Gasteiger partial charge in [0.15, 0.2) is 5.65 Å². The summed E-state index contributed by atoms with van der Waals surface area (Å²) in [5.41, 5.74) is 1.54. The first-order valence-electron chi connectivity index (χ1n) is 8.10. The highest BCUT2D eigenvalue weighted by Crippen LogP contribution is 2.27. The quantitative estimate of drug-likeness (QED) is 0.579. The van der Waals surface area contributed by atoms with Gasteiger partial charge in [0, 0.05) is 6.07 Å². The van der Waals surface area contributed by atoms with Gasteiger partial charge in [-0.25, -0.2) is 8.42 Å². The van der Waals surface area contributed by atoms with E-state index in [-0.39, 0.29) is 15.6 Å². The van der Waals surface area contributed by atoms with E-state index in [1.807, 2.05) is 6.92 Å². The number of H-pyrrole nitrogens is 1. The predicted octanol–water partition coefficient (Wildman–Crippen LogP) is 2.03. The van der Waals surface area contributed by atoms with Crippen LogP contribution in [0.5, 0.6) is 5.75 Å². The summed E-state index contributed by atoms with van der Waals surface area (Å²) in [5.74, 6) is 0.517. The van der Waals surface area contributed by atoms with Crippen LogP contribution in [0.25, 0.3) is 16.6 Å². The van der Waals surface area contributed by atoms with E-state index in [1.54, 1.807) is 37.3 Å². The third kappa shape index (κ3) is 2.58. The van der Waals surface area contributed by atoms with Crippen LogP contribution in [0.15, 0.2) is 51.1 Å². The summed E-state index contributed by atoms with van der Waals surface area (Å²) in [6.45, 7) is 3.60. The normalized spacial score (nSPS) is 12.0. The number of nitrogens with zero attached hydrogens (tertiary/aromatic N) is 3. The number of hydrogen-bond donors (Lipinski definition) is 1. The van der Waals surface area contributed by atoms with E-state index in [0.717, 1.165) is 5.56 Å². The molecule has 2 aromatic carbocycles. The van der Waals surface area contributed by atoms with E-state index < -0.39 is 15.4 Å². The largest absolute Gasteiger partial charge is 0.497 e. The van der Waals surface area contributed by atoms with Crippen LogP contribution in [0, 0.1) is 13.8 Å². The summed E-state index contributed by atoms with van der Waals surface area (Å²) in [6, 6.07) is 9.88. The van der Waals surface area contributed by atoms with Crippen LogP contribution in [0.1, 0.15) is 11.1 Å². The molecule has 0 radical (unpaired) electrons. The molecule has 0 aliphatic carbocycles. The lowest BCUT2D eigenvalue weighted by molar-refractivity contribution is 0.415. The van der Waals surface area contributed by atoms with Gasteiger partial charge in [0.25, 0.3) is 5.56 Å². The van der Waals surface area contributed by atoms with Gasteiger partial charge in [0.05, 0.1) is 22.9 Å². The van der Waals surface area contributed by atoms with Crippen LogP contribution in [-0.4, -0.2) is 35.3 Å². The van der Waals surface area contributed by atoms with Crippen LogP contribution in [0.4, 0.5) is 0 Å². The molecule has 0 atom stereocenters. The second-order valence-electron chi connectivity index (χ2n) is 6.26. The van der Waals surface area contributed by atoms with Gasteiger partial charge in [0.2, 0.25) is 14.9 Å². The number of ether oxygens (including phenoxy) is 1. The zero-order valence-corrected chi connectivity index (χ0v) is 15.7. The van der Waals surface area contributed by atoms with Crippen molar-refractivity contribution in [1.82, 2.24) is 19.8 Å². The minimum absolute atomic E-state index is 0.0146. The minimum Gasteiger partial charge on any atom is -0.497 e. The van der Waals surface area contributed by atoms with Gasteiger partial charge in [-0.05, 0) is 37.6 Å². The van der Waals surface area contributed by atoms with Gasteiger partial charge in [-0.1, -0.05) is 22.9 Å². The second kappa shape index (κ2) is 5.92. The molecule has 0 spiro atoms. The molecule has 0 bridgehead atoms. The molecule has 0 saturated heterocycles. The maximum absolute atomic E-state index is 13.1. The fourth-order valence-electron chi connectivity index (χ4n) is 3.11. The standard InChI is InChI=1S/C18H16N4O4S/c1-10-4-7-15(11(2)8-10)27(24,25)18-16-19-17(23)13-6-5-12(26-3)9-14(13)22(16)21-20-18/h4-9H,1-3H3,(H,19,23). The van der Waals surface area contributed by atoms with Crippen molar-refractivity contribution in [2.75, 3.05) is 7.11 Å². The Morgan fingerprint density at radius 1 is 1.11 bits per heavy atom. The SMILES string of the molecule is COc1ccc2c(=O)[nH]c3c(S(=O)(=O)c4ccc(C)cc4C)nnn3c2c1. The van der Waals surface area contributed by atoms with E-state index in [0.29, 0.717) is 22.2 Å². The number of methoxy groups -OCH3 is 1. The van der Waals surface area contributed by atoms with Gasteiger partial charge in [-0.2, -0.15) is 4.52 Å². The lowest BCUT2D eigenvalue weighted by atomic mass is 10.2. The van der Waals surface area contributed by atoms with E-state index >= 15 is 0 Å². The molecule has 138 valence electrons. The number of hydrogen-bond acceptors (Lipinski definition) is 6. The van der Waals surface area contributed by atoms with E-state index in [9.17, 15) is 13.2 Å². The summed E-state index contributed by atoms with van der Waals surface area (Å²) >= 11 is 0. The number of sulfone groups is 1. The molecule has 0 aliphatic heterocycles. The number of aromatic nitrogens is 4. The number of benzene rings is 2. The first kappa shape index (κ1) is 17.2. The zero-order valence-electron chi connectivity index (χ0n) is 14.8. The first-order valence-corrected chi connectivity index (χ1v) is 9.59. The Hall–Kier alpha value is -3.20. The minimum atomic E-state index is -3.97. The van der Waals surface area contributed by atoms with Crippen LogP contribution >= 0.6 is 0 Å². The molecular weight excluding hydrogens is 368 g/mol. The number of fused-ring (bicyclic) bond motifs is 3. The molecule has 8 nitrogen and oxygen atoms in total. The number of aromatic amines is 1. The summed E-state index contributed by atoms with van der Waals surface area (Å²) in [6.07, 6.45) is 0. The second-order valence-corrected chi connectivity index (χ2v) is 8.10. The molecule has 0 fully saturated rings. The highest BCUT2D eigenvalue weighted by Gasteiger charge is 2.27. The lowest BCUT2D eigenvalue weighted by Gasteiger charge is -2.07. The molecule has 0 amide bonds. The van der Waals surface area contributed by atoms with Crippen molar-refractivity contribution < 1.29 is 13.2 Å². The molecule has 0 unspecified atom stereocenters. The van der Waals surface area contributed by atoms with Crippen LogP contribution < -0.4 is 10.3 Å². The molecule has 0 saturated carbocycles. The van der Waals surface area contributed by atoms with Gasteiger partial charge in [-0.3, -0.25) is 4.79 Å². The topological polar surface area (TPSA) is 106 Å². The number of rotatable bonds is 3. The highest BCUT2D eigenvalue weighted by atomic mass is 32.2. The average molecular weight is 384 g/mol. The van der Waals surface area contributed by atoms with Crippen molar-refractivity contribution >= 4 is 26.4 Å². The monoisotopic (exact) mass is 384 g/mol. The van der Waals surface area contributed by atoms with Crippen LogP contribution in [0.2, 0.25) is 0 Å². The van der Waals surface area contributed by atoms with Gasteiger partial charge in [0.1, 0.15) is 5.75 Å². The molecule has 1 N–H and O–H groups in total. The zero-order chi connectivity index (χ0) is 19.3. The van der Waals surface area contributed by atoms with E-state index in [4.69, 9.17) is 4.74 Å². The molecule has 27 heavy (non-hydrogen) atoms. The maximum atomic E-state index is 13.1. The molecule has 4 aromatic rings. The fourth-order valence-corrected chi connectivity index (χ4v) is 4.58. The molecule has 0 aliphatic rings. The van der Waals surface area contributed by atoms with Crippen molar-refractivity contribution in [2.24, 2.45) is 0 Å². The van der Waals surface area contributed by atoms with Crippen LogP contribution in [-0.2, 0) is 9.84 Å². The third-order valence-electron chi connectivity index (χ3n) is 4.42. The van der Waals surface area contributed by atoms with Gasteiger partial charge >= 0.3 is 0 Å². The molecular formula is C18H16N4O4S.